The van der Waals surface area contributed by atoms with E-state index in [9.17, 15) is 9.59 Å². The highest BCUT2D eigenvalue weighted by Crippen LogP contribution is 2.24. The average Bonchev–Trinajstić information content (AvgIpc) is 2.29. The minimum atomic E-state index is -0.174. The summed E-state index contributed by atoms with van der Waals surface area (Å²) in [5, 5.41) is 0. The van der Waals surface area contributed by atoms with Gasteiger partial charge in [-0.05, 0) is 19.3 Å². The summed E-state index contributed by atoms with van der Waals surface area (Å²) in [6.45, 7) is 3.56. The highest BCUT2D eigenvalue weighted by Gasteiger charge is 2.26. The zero-order chi connectivity index (χ0) is 12.0. The molecule has 0 radical (unpaired) electrons. The normalized spacial score (nSPS) is 24.9. The van der Waals surface area contributed by atoms with Crippen LogP contribution in [0.15, 0.2) is 0 Å². The molecule has 0 bridgehead atoms. The Kier molecular flexibility index (Phi) is 5.29. The standard InChI is InChI=1S/C12H20O4/c1-3-11(13)15-9-6-5-7-10(8-9)16-12(14)4-2/h9-10H,3-8H2,1-2H3/t9-,10-/m1/s1. The zero-order valence-electron chi connectivity index (χ0n) is 10.0. The van der Waals surface area contributed by atoms with Crippen LogP contribution in [0.2, 0.25) is 0 Å². The van der Waals surface area contributed by atoms with Crippen LogP contribution < -0.4 is 0 Å². The minimum Gasteiger partial charge on any atom is -0.462 e. The van der Waals surface area contributed by atoms with E-state index in [1.807, 2.05) is 0 Å². The summed E-state index contributed by atoms with van der Waals surface area (Å²) in [5.41, 5.74) is 0. The number of esters is 2. The number of hydrogen-bond acceptors (Lipinski definition) is 4. The van der Waals surface area contributed by atoms with Gasteiger partial charge in [-0.3, -0.25) is 9.59 Å². The monoisotopic (exact) mass is 228 g/mol. The van der Waals surface area contributed by atoms with Gasteiger partial charge in [-0.15, -0.1) is 0 Å². The lowest BCUT2D eigenvalue weighted by atomic mass is 9.95. The molecule has 1 rings (SSSR count). The number of carbonyl (C=O) groups is 2. The van der Waals surface area contributed by atoms with Crippen molar-refractivity contribution in [1.82, 2.24) is 0 Å². The van der Waals surface area contributed by atoms with Gasteiger partial charge < -0.3 is 9.47 Å². The molecule has 1 aliphatic rings. The molecular weight excluding hydrogens is 208 g/mol. The van der Waals surface area contributed by atoms with Gasteiger partial charge in [0.15, 0.2) is 0 Å². The summed E-state index contributed by atoms with van der Waals surface area (Å²) >= 11 is 0. The Morgan fingerprint density at radius 1 is 1.00 bits per heavy atom. The third-order valence-electron chi connectivity index (χ3n) is 2.75. The van der Waals surface area contributed by atoms with E-state index in [2.05, 4.69) is 0 Å². The van der Waals surface area contributed by atoms with Crippen LogP contribution in [0.25, 0.3) is 0 Å². The van der Waals surface area contributed by atoms with Crippen LogP contribution in [-0.4, -0.2) is 24.1 Å². The first kappa shape index (κ1) is 13.0. The summed E-state index contributed by atoms with van der Waals surface area (Å²) in [6, 6.07) is 0. The topological polar surface area (TPSA) is 52.6 Å². The molecule has 0 N–H and O–H groups in total. The van der Waals surface area contributed by atoms with Crippen molar-refractivity contribution in [3.8, 4) is 0 Å². The first-order valence-corrected chi connectivity index (χ1v) is 6.04. The highest BCUT2D eigenvalue weighted by molar-refractivity contribution is 5.69. The lowest BCUT2D eigenvalue weighted by Gasteiger charge is -2.28. The summed E-state index contributed by atoms with van der Waals surface area (Å²) in [6.07, 6.45) is 4.01. The Hall–Kier alpha value is -1.06. The van der Waals surface area contributed by atoms with Crippen molar-refractivity contribution in [2.24, 2.45) is 0 Å². The molecule has 0 aliphatic heterocycles. The van der Waals surface area contributed by atoms with Crippen LogP contribution in [0.4, 0.5) is 0 Å². The van der Waals surface area contributed by atoms with Gasteiger partial charge >= 0.3 is 11.9 Å². The van der Waals surface area contributed by atoms with Crippen LogP contribution >= 0.6 is 0 Å². The summed E-state index contributed by atoms with van der Waals surface area (Å²) in [5.74, 6) is -0.347. The van der Waals surface area contributed by atoms with Gasteiger partial charge in [-0.25, -0.2) is 0 Å². The van der Waals surface area contributed by atoms with Crippen LogP contribution in [0.3, 0.4) is 0 Å². The molecule has 0 amide bonds. The Balaban J connectivity index is 2.35. The molecule has 2 atom stereocenters. The van der Waals surface area contributed by atoms with E-state index in [1.54, 1.807) is 13.8 Å². The molecule has 0 spiro atoms. The molecule has 1 saturated carbocycles. The quantitative estimate of drug-likeness (QED) is 0.692. The van der Waals surface area contributed by atoms with Crippen molar-refractivity contribution < 1.29 is 19.1 Å². The molecule has 1 fully saturated rings. The van der Waals surface area contributed by atoms with E-state index < -0.39 is 0 Å². The Labute approximate surface area is 96.3 Å². The third kappa shape index (κ3) is 4.21. The summed E-state index contributed by atoms with van der Waals surface area (Å²) in [4.78, 5) is 22.3. The van der Waals surface area contributed by atoms with Crippen LogP contribution in [0, 0.1) is 0 Å². The molecule has 0 saturated heterocycles. The number of hydrogen-bond donors (Lipinski definition) is 0. The minimum absolute atomic E-state index is 0.0733. The van der Waals surface area contributed by atoms with E-state index in [-0.39, 0.29) is 24.1 Å². The predicted octanol–water partition coefficient (Wildman–Crippen LogP) is 2.20. The maximum absolute atomic E-state index is 11.1. The Morgan fingerprint density at radius 2 is 1.44 bits per heavy atom. The number of carbonyl (C=O) groups excluding carboxylic acids is 2. The lowest BCUT2D eigenvalue weighted by molar-refractivity contribution is -0.158. The van der Waals surface area contributed by atoms with E-state index in [4.69, 9.17) is 9.47 Å². The van der Waals surface area contributed by atoms with Gasteiger partial charge in [0.2, 0.25) is 0 Å². The molecule has 16 heavy (non-hydrogen) atoms. The first-order chi connectivity index (χ1) is 7.65. The van der Waals surface area contributed by atoms with Gasteiger partial charge in [0.05, 0.1) is 0 Å². The molecule has 0 unspecified atom stereocenters. The van der Waals surface area contributed by atoms with Crippen LogP contribution in [0.5, 0.6) is 0 Å². The first-order valence-electron chi connectivity index (χ1n) is 6.04. The van der Waals surface area contributed by atoms with Crippen molar-refractivity contribution >= 4 is 11.9 Å². The average molecular weight is 228 g/mol. The molecular formula is C12H20O4. The molecule has 0 aromatic carbocycles. The van der Waals surface area contributed by atoms with Crippen molar-refractivity contribution in [2.75, 3.05) is 0 Å². The van der Waals surface area contributed by atoms with Crippen LogP contribution in [0.1, 0.15) is 52.4 Å². The van der Waals surface area contributed by atoms with Gasteiger partial charge in [0.25, 0.3) is 0 Å². The van der Waals surface area contributed by atoms with Gasteiger partial charge in [-0.2, -0.15) is 0 Å². The number of ether oxygens (including phenoxy) is 2. The fraction of sp³-hybridized carbons (Fsp3) is 0.833. The van der Waals surface area contributed by atoms with Crippen molar-refractivity contribution in [1.29, 1.82) is 0 Å². The zero-order valence-corrected chi connectivity index (χ0v) is 10.0. The highest BCUT2D eigenvalue weighted by atomic mass is 16.6. The van der Waals surface area contributed by atoms with E-state index >= 15 is 0 Å². The van der Waals surface area contributed by atoms with Crippen molar-refractivity contribution in [3.63, 3.8) is 0 Å². The number of rotatable bonds is 4. The Bertz CT molecular complexity index is 225. The van der Waals surface area contributed by atoms with Crippen molar-refractivity contribution in [2.45, 2.75) is 64.6 Å². The molecule has 4 heteroatoms. The maximum Gasteiger partial charge on any atom is 0.305 e. The molecule has 1 aliphatic carbocycles. The maximum atomic E-state index is 11.1. The second-order valence-electron chi connectivity index (χ2n) is 4.10. The third-order valence-corrected chi connectivity index (χ3v) is 2.75. The van der Waals surface area contributed by atoms with Crippen molar-refractivity contribution in [3.05, 3.63) is 0 Å². The molecule has 0 aromatic heterocycles. The van der Waals surface area contributed by atoms with Gasteiger partial charge in [0.1, 0.15) is 12.2 Å². The smallest absolute Gasteiger partial charge is 0.305 e. The fourth-order valence-corrected chi connectivity index (χ4v) is 1.85. The van der Waals surface area contributed by atoms with E-state index in [0.717, 1.165) is 19.3 Å². The summed E-state index contributed by atoms with van der Waals surface area (Å²) < 4.78 is 10.5. The van der Waals surface area contributed by atoms with Gasteiger partial charge in [0, 0.05) is 19.3 Å². The lowest BCUT2D eigenvalue weighted by Crippen LogP contribution is -2.31. The second-order valence-corrected chi connectivity index (χ2v) is 4.10. The van der Waals surface area contributed by atoms with E-state index in [0.29, 0.717) is 19.3 Å². The Morgan fingerprint density at radius 3 is 1.81 bits per heavy atom. The van der Waals surface area contributed by atoms with E-state index in [1.165, 1.54) is 0 Å². The second kappa shape index (κ2) is 6.51. The van der Waals surface area contributed by atoms with Gasteiger partial charge in [-0.1, -0.05) is 13.8 Å². The SMILES string of the molecule is CCC(=O)O[C@@H]1CCC[C@@H](OC(=O)CC)C1. The fourth-order valence-electron chi connectivity index (χ4n) is 1.85. The summed E-state index contributed by atoms with van der Waals surface area (Å²) in [7, 11) is 0. The van der Waals surface area contributed by atoms with Crippen LogP contribution in [-0.2, 0) is 19.1 Å². The largest absolute Gasteiger partial charge is 0.462 e. The molecule has 92 valence electrons. The molecule has 0 heterocycles. The molecule has 0 aromatic rings. The predicted molar refractivity (Wildman–Crippen MR) is 58.8 cm³/mol. The molecule has 4 nitrogen and oxygen atoms in total.